The number of amides is 1. The summed E-state index contributed by atoms with van der Waals surface area (Å²) in [4.78, 5) is 24.7. The van der Waals surface area contributed by atoms with Crippen LogP contribution in [0, 0.1) is 5.82 Å². The van der Waals surface area contributed by atoms with Gasteiger partial charge >= 0.3 is 11.9 Å². The number of carbonyl (C=O) groups is 2. The van der Waals surface area contributed by atoms with Gasteiger partial charge in [0.05, 0.1) is 6.04 Å². The maximum Gasteiger partial charge on any atom is 0.394 e. The Kier molecular flexibility index (Phi) is 6.09. The number of nitrogens with zero attached hydrogens (tertiary/aromatic N) is 1. The van der Waals surface area contributed by atoms with Crippen LogP contribution in [0.1, 0.15) is 30.5 Å². The Hall–Kier alpha value is -2.21. The molecule has 0 aliphatic heterocycles. The van der Waals surface area contributed by atoms with Crippen LogP contribution in [0.2, 0.25) is 0 Å². The summed E-state index contributed by atoms with van der Waals surface area (Å²) in [5.41, 5.74) is 1.51. The molecule has 126 valence electrons. The molecule has 0 heterocycles. The predicted molar refractivity (Wildman–Crippen MR) is 91.8 cm³/mol. The largest absolute Gasteiger partial charge is 0.474 e. The number of hydrogen-bond acceptors (Lipinski definition) is 2. The van der Waals surface area contributed by atoms with Gasteiger partial charge < -0.3 is 10.0 Å². The molecule has 0 bridgehead atoms. The van der Waals surface area contributed by atoms with Crippen molar-refractivity contribution in [2.75, 3.05) is 0 Å². The summed E-state index contributed by atoms with van der Waals surface area (Å²) in [6.45, 7) is 2.02. The Labute approximate surface area is 148 Å². The average molecular weight is 394 g/mol. The summed E-state index contributed by atoms with van der Waals surface area (Å²) < 4.78 is 14.0. The van der Waals surface area contributed by atoms with Crippen LogP contribution < -0.4 is 0 Å². The van der Waals surface area contributed by atoms with Crippen molar-refractivity contribution in [3.05, 3.63) is 69.9 Å². The molecule has 0 fully saturated rings. The van der Waals surface area contributed by atoms with E-state index >= 15 is 0 Å². The highest BCUT2D eigenvalue weighted by atomic mass is 79.9. The van der Waals surface area contributed by atoms with E-state index in [0.717, 1.165) is 10.0 Å². The minimum atomic E-state index is -1.51. The van der Waals surface area contributed by atoms with E-state index in [4.69, 9.17) is 5.11 Å². The van der Waals surface area contributed by atoms with Crippen molar-refractivity contribution < 1.29 is 19.1 Å². The van der Waals surface area contributed by atoms with Gasteiger partial charge in [0.25, 0.3) is 0 Å². The molecule has 0 aliphatic carbocycles. The van der Waals surface area contributed by atoms with Crippen LogP contribution in [0.4, 0.5) is 4.39 Å². The minimum absolute atomic E-state index is 0.161. The summed E-state index contributed by atoms with van der Waals surface area (Å²) in [6.07, 6.45) is 0.515. The van der Waals surface area contributed by atoms with Crippen LogP contribution in [0.3, 0.4) is 0 Å². The van der Waals surface area contributed by atoms with Gasteiger partial charge in [-0.25, -0.2) is 9.18 Å². The van der Waals surface area contributed by atoms with Crippen molar-refractivity contribution in [2.45, 2.75) is 25.9 Å². The van der Waals surface area contributed by atoms with Crippen LogP contribution in [0.5, 0.6) is 0 Å². The van der Waals surface area contributed by atoms with E-state index in [-0.39, 0.29) is 12.4 Å². The van der Waals surface area contributed by atoms with Gasteiger partial charge in [-0.3, -0.25) is 4.79 Å². The lowest BCUT2D eigenvalue weighted by atomic mass is 10.0. The Bertz CT molecular complexity index is 716. The van der Waals surface area contributed by atoms with Gasteiger partial charge in [-0.15, -0.1) is 0 Å². The third-order valence-corrected chi connectivity index (χ3v) is 4.26. The molecule has 1 atom stereocenters. The smallest absolute Gasteiger partial charge is 0.394 e. The van der Waals surface area contributed by atoms with E-state index in [0.29, 0.717) is 12.0 Å². The lowest BCUT2D eigenvalue weighted by Crippen LogP contribution is -2.38. The number of carboxylic acid groups (broad SMARTS) is 1. The molecule has 1 amide bonds. The van der Waals surface area contributed by atoms with Gasteiger partial charge in [-0.05, 0) is 41.8 Å². The first-order valence-corrected chi connectivity index (χ1v) is 8.25. The van der Waals surface area contributed by atoms with Crippen molar-refractivity contribution in [2.24, 2.45) is 0 Å². The summed E-state index contributed by atoms with van der Waals surface area (Å²) in [6, 6.07) is 12.6. The number of aliphatic carboxylic acids is 1. The molecular weight excluding hydrogens is 377 g/mol. The highest BCUT2D eigenvalue weighted by Crippen LogP contribution is 2.27. The average Bonchev–Trinajstić information content (AvgIpc) is 2.57. The Morgan fingerprint density at radius 1 is 1.12 bits per heavy atom. The fourth-order valence-corrected chi connectivity index (χ4v) is 2.82. The van der Waals surface area contributed by atoms with E-state index in [1.54, 1.807) is 12.1 Å². The molecule has 2 aromatic rings. The van der Waals surface area contributed by atoms with Gasteiger partial charge in [-0.2, -0.15) is 0 Å². The molecule has 0 spiro atoms. The van der Waals surface area contributed by atoms with Gasteiger partial charge in [0, 0.05) is 11.0 Å². The molecule has 0 aliphatic rings. The highest BCUT2D eigenvalue weighted by molar-refractivity contribution is 9.10. The SMILES string of the molecule is CCC(c1ccc(F)cc1)N(Cc1ccc(Br)cc1)C(=O)C(=O)O. The molecule has 24 heavy (non-hydrogen) atoms. The topological polar surface area (TPSA) is 57.6 Å². The monoisotopic (exact) mass is 393 g/mol. The summed E-state index contributed by atoms with van der Waals surface area (Å²) >= 11 is 3.34. The van der Waals surface area contributed by atoms with Crippen molar-refractivity contribution in [1.82, 2.24) is 4.90 Å². The Morgan fingerprint density at radius 3 is 2.21 bits per heavy atom. The summed E-state index contributed by atoms with van der Waals surface area (Å²) in [5.74, 6) is -2.86. The molecule has 0 saturated carbocycles. The lowest BCUT2D eigenvalue weighted by molar-refractivity contribution is -0.157. The molecule has 4 nitrogen and oxygen atoms in total. The molecule has 6 heteroatoms. The fraction of sp³-hybridized carbons (Fsp3) is 0.222. The van der Waals surface area contributed by atoms with Gasteiger partial charge in [0.2, 0.25) is 0 Å². The van der Waals surface area contributed by atoms with Gasteiger partial charge in [-0.1, -0.05) is 47.1 Å². The number of carboxylic acids is 1. The van der Waals surface area contributed by atoms with Crippen molar-refractivity contribution in [1.29, 1.82) is 0 Å². The van der Waals surface area contributed by atoms with Gasteiger partial charge in [0.15, 0.2) is 0 Å². The van der Waals surface area contributed by atoms with Crippen molar-refractivity contribution in [3.8, 4) is 0 Å². The normalized spacial score (nSPS) is 11.8. The van der Waals surface area contributed by atoms with Crippen molar-refractivity contribution in [3.63, 3.8) is 0 Å². The van der Waals surface area contributed by atoms with Crippen LogP contribution in [0.25, 0.3) is 0 Å². The lowest BCUT2D eigenvalue weighted by Gasteiger charge is -2.30. The van der Waals surface area contributed by atoms with Crippen molar-refractivity contribution >= 4 is 27.8 Å². The molecule has 0 radical (unpaired) electrons. The zero-order valence-corrected chi connectivity index (χ0v) is 14.7. The molecule has 2 rings (SSSR count). The number of benzene rings is 2. The minimum Gasteiger partial charge on any atom is -0.474 e. The predicted octanol–water partition coefficient (Wildman–Crippen LogP) is 4.15. The first-order valence-electron chi connectivity index (χ1n) is 7.46. The Balaban J connectivity index is 2.35. The van der Waals surface area contributed by atoms with E-state index in [1.807, 2.05) is 31.2 Å². The molecule has 0 saturated heterocycles. The third-order valence-electron chi connectivity index (χ3n) is 3.73. The summed E-state index contributed by atoms with van der Waals surface area (Å²) in [5, 5.41) is 9.15. The zero-order valence-electron chi connectivity index (χ0n) is 13.1. The maximum atomic E-state index is 13.1. The third kappa shape index (κ3) is 4.41. The van der Waals surface area contributed by atoms with Crippen LogP contribution in [0.15, 0.2) is 53.0 Å². The van der Waals surface area contributed by atoms with Gasteiger partial charge in [0.1, 0.15) is 5.82 Å². The molecule has 0 aromatic heterocycles. The summed E-state index contributed by atoms with van der Waals surface area (Å²) in [7, 11) is 0. The molecule has 2 aromatic carbocycles. The van der Waals surface area contributed by atoms with Crippen LogP contribution in [-0.2, 0) is 16.1 Å². The quantitative estimate of drug-likeness (QED) is 0.776. The highest BCUT2D eigenvalue weighted by Gasteiger charge is 2.28. The second kappa shape index (κ2) is 8.06. The second-order valence-corrected chi connectivity index (χ2v) is 6.26. The standard InChI is InChI=1S/C18H17BrFNO3/c1-2-16(13-5-9-15(20)10-6-13)21(17(22)18(23)24)11-12-3-7-14(19)8-4-12/h3-10,16H,2,11H2,1H3,(H,23,24). The van der Waals surface area contributed by atoms with E-state index in [9.17, 15) is 14.0 Å². The first kappa shape index (κ1) is 18.1. The molecule has 1 unspecified atom stereocenters. The zero-order chi connectivity index (χ0) is 17.7. The number of rotatable bonds is 5. The first-order chi connectivity index (χ1) is 11.4. The fourth-order valence-electron chi connectivity index (χ4n) is 2.55. The Morgan fingerprint density at radius 2 is 1.71 bits per heavy atom. The molecule has 1 N–H and O–H groups in total. The van der Waals surface area contributed by atoms with E-state index in [1.165, 1.54) is 17.0 Å². The second-order valence-electron chi connectivity index (χ2n) is 5.34. The van der Waals surface area contributed by atoms with E-state index in [2.05, 4.69) is 15.9 Å². The number of carbonyl (C=O) groups excluding carboxylic acids is 1. The molecular formula is C18H17BrFNO3. The van der Waals surface area contributed by atoms with Crippen LogP contribution in [-0.4, -0.2) is 21.9 Å². The van der Waals surface area contributed by atoms with Crippen LogP contribution >= 0.6 is 15.9 Å². The number of hydrogen-bond donors (Lipinski definition) is 1. The van der Waals surface area contributed by atoms with E-state index < -0.39 is 17.9 Å². The number of halogens is 2. The maximum absolute atomic E-state index is 13.1.